The first kappa shape index (κ1) is 14.9. The first-order valence-corrected chi connectivity index (χ1v) is 7.36. The number of nitrogen functional groups attached to an aromatic ring is 1. The van der Waals surface area contributed by atoms with Crippen molar-refractivity contribution in [3.8, 4) is 0 Å². The van der Waals surface area contributed by atoms with Crippen LogP contribution in [0.25, 0.3) is 0 Å². The number of halogens is 1. The smallest absolute Gasteiger partial charge is 0.145 e. The highest BCUT2D eigenvalue weighted by Gasteiger charge is 2.13. The van der Waals surface area contributed by atoms with Crippen LogP contribution in [-0.4, -0.2) is 4.98 Å². The maximum atomic E-state index is 5.83. The third-order valence-electron chi connectivity index (χ3n) is 3.32. The second kappa shape index (κ2) is 5.44. The summed E-state index contributed by atoms with van der Waals surface area (Å²) in [6, 6.07) is 8.42. The van der Waals surface area contributed by atoms with Gasteiger partial charge in [-0.25, -0.2) is 4.98 Å². The second-order valence-corrected chi connectivity index (χ2v) is 6.75. The van der Waals surface area contributed by atoms with Gasteiger partial charge < -0.3 is 11.1 Å². The Morgan fingerprint density at radius 3 is 2.30 bits per heavy atom. The van der Waals surface area contributed by atoms with Crippen molar-refractivity contribution in [2.75, 3.05) is 11.1 Å². The summed E-state index contributed by atoms with van der Waals surface area (Å²) in [7, 11) is 0. The number of hydrogen-bond donors (Lipinski definition) is 2. The van der Waals surface area contributed by atoms with E-state index in [4.69, 9.17) is 5.73 Å². The Balaban J connectivity index is 2.25. The Labute approximate surface area is 128 Å². The summed E-state index contributed by atoms with van der Waals surface area (Å²) in [5, 5.41) is 3.31. The van der Waals surface area contributed by atoms with E-state index >= 15 is 0 Å². The molecule has 0 saturated heterocycles. The molecule has 0 bridgehead atoms. The van der Waals surface area contributed by atoms with Crippen LogP contribution in [0.5, 0.6) is 0 Å². The van der Waals surface area contributed by atoms with Crippen LogP contribution in [0.3, 0.4) is 0 Å². The molecule has 0 aliphatic rings. The number of rotatable bonds is 2. The Kier molecular flexibility index (Phi) is 4.04. The van der Waals surface area contributed by atoms with Crippen LogP contribution in [0.4, 0.5) is 17.2 Å². The van der Waals surface area contributed by atoms with Gasteiger partial charge in [0.2, 0.25) is 0 Å². The number of hydrogen-bond acceptors (Lipinski definition) is 3. The Morgan fingerprint density at radius 1 is 1.15 bits per heavy atom. The molecular weight excluding hydrogens is 314 g/mol. The molecule has 0 aliphatic carbocycles. The lowest BCUT2D eigenvalue weighted by atomic mass is 9.87. The van der Waals surface area contributed by atoms with E-state index in [0.717, 1.165) is 21.5 Å². The maximum absolute atomic E-state index is 5.83. The van der Waals surface area contributed by atoms with Crippen LogP contribution in [-0.2, 0) is 5.41 Å². The maximum Gasteiger partial charge on any atom is 0.145 e. The third kappa shape index (κ3) is 3.12. The van der Waals surface area contributed by atoms with E-state index in [0.29, 0.717) is 5.69 Å². The molecule has 0 atom stereocenters. The van der Waals surface area contributed by atoms with Crippen molar-refractivity contribution in [2.24, 2.45) is 0 Å². The number of anilines is 3. The predicted molar refractivity (Wildman–Crippen MR) is 89.5 cm³/mol. The van der Waals surface area contributed by atoms with Crippen molar-refractivity contribution >= 4 is 33.1 Å². The number of benzene rings is 1. The zero-order valence-electron chi connectivity index (χ0n) is 12.3. The highest BCUT2D eigenvalue weighted by molar-refractivity contribution is 9.10. The summed E-state index contributed by atoms with van der Waals surface area (Å²) in [6.45, 7) is 8.58. The van der Waals surface area contributed by atoms with Crippen LogP contribution in [0.2, 0.25) is 0 Å². The third-order valence-corrected chi connectivity index (χ3v) is 4.29. The van der Waals surface area contributed by atoms with E-state index in [1.165, 1.54) is 5.56 Å². The molecule has 0 amide bonds. The molecule has 0 spiro atoms. The number of nitrogens with two attached hydrogens (primary N) is 1. The first-order valence-electron chi connectivity index (χ1n) is 6.57. The SMILES string of the molecule is Cc1c(N)cnc(Nc2ccc(C(C)(C)C)cc2)c1Br. The van der Waals surface area contributed by atoms with Gasteiger partial charge in [0.15, 0.2) is 0 Å². The van der Waals surface area contributed by atoms with Crippen molar-refractivity contribution < 1.29 is 0 Å². The fourth-order valence-corrected chi connectivity index (χ4v) is 2.30. The summed E-state index contributed by atoms with van der Waals surface area (Å²) in [4.78, 5) is 4.32. The molecule has 0 radical (unpaired) electrons. The van der Waals surface area contributed by atoms with E-state index in [-0.39, 0.29) is 5.41 Å². The lowest BCUT2D eigenvalue weighted by Crippen LogP contribution is -2.10. The molecule has 106 valence electrons. The summed E-state index contributed by atoms with van der Waals surface area (Å²) in [5.74, 6) is 0.778. The monoisotopic (exact) mass is 333 g/mol. The first-order chi connectivity index (χ1) is 9.29. The molecule has 0 fully saturated rings. The van der Waals surface area contributed by atoms with E-state index < -0.39 is 0 Å². The van der Waals surface area contributed by atoms with E-state index in [2.05, 4.69) is 71.3 Å². The summed E-state index contributed by atoms with van der Waals surface area (Å²) < 4.78 is 0.900. The molecule has 3 nitrogen and oxygen atoms in total. The number of aromatic nitrogens is 1. The molecule has 1 aromatic carbocycles. The van der Waals surface area contributed by atoms with Gasteiger partial charge in [-0.2, -0.15) is 0 Å². The van der Waals surface area contributed by atoms with Gasteiger partial charge in [0.1, 0.15) is 5.82 Å². The van der Waals surface area contributed by atoms with E-state index in [1.54, 1.807) is 6.20 Å². The lowest BCUT2D eigenvalue weighted by Gasteiger charge is -2.19. The molecule has 2 aromatic rings. The minimum Gasteiger partial charge on any atom is -0.397 e. The topological polar surface area (TPSA) is 50.9 Å². The average Bonchev–Trinajstić information content (AvgIpc) is 2.39. The zero-order chi connectivity index (χ0) is 14.9. The van der Waals surface area contributed by atoms with Crippen LogP contribution in [0, 0.1) is 6.92 Å². The van der Waals surface area contributed by atoms with Crippen molar-refractivity contribution in [3.05, 3.63) is 46.1 Å². The van der Waals surface area contributed by atoms with Crippen LogP contribution >= 0.6 is 15.9 Å². The number of nitrogens with one attached hydrogen (secondary N) is 1. The summed E-state index contributed by atoms with van der Waals surface area (Å²) in [5.41, 5.74) is 9.99. The Morgan fingerprint density at radius 2 is 1.75 bits per heavy atom. The van der Waals surface area contributed by atoms with Gasteiger partial charge in [-0.15, -0.1) is 0 Å². The summed E-state index contributed by atoms with van der Waals surface area (Å²) in [6.07, 6.45) is 1.67. The van der Waals surface area contributed by atoms with Crippen molar-refractivity contribution in [2.45, 2.75) is 33.1 Å². The molecule has 0 aliphatic heterocycles. The van der Waals surface area contributed by atoms with Gasteiger partial charge in [0, 0.05) is 5.69 Å². The molecule has 2 rings (SSSR count). The second-order valence-electron chi connectivity index (χ2n) is 5.95. The van der Waals surface area contributed by atoms with Gasteiger partial charge >= 0.3 is 0 Å². The Hall–Kier alpha value is -1.55. The van der Waals surface area contributed by atoms with Crippen LogP contribution < -0.4 is 11.1 Å². The Bertz CT molecular complexity index is 613. The molecule has 4 heteroatoms. The molecule has 0 saturated carbocycles. The minimum atomic E-state index is 0.162. The lowest BCUT2D eigenvalue weighted by molar-refractivity contribution is 0.590. The zero-order valence-corrected chi connectivity index (χ0v) is 13.9. The highest BCUT2D eigenvalue weighted by Crippen LogP contribution is 2.30. The number of pyridine rings is 1. The van der Waals surface area contributed by atoms with E-state index in [9.17, 15) is 0 Å². The average molecular weight is 334 g/mol. The largest absolute Gasteiger partial charge is 0.397 e. The van der Waals surface area contributed by atoms with Gasteiger partial charge in [-0.05, 0) is 51.5 Å². The standard InChI is InChI=1S/C16H20BrN3/c1-10-13(18)9-19-15(14(10)17)20-12-7-5-11(6-8-12)16(2,3)4/h5-9H,18H2,1-4H3,(H,19,20). The summed E-state index contributed by atoms with van der Waals surface area (Å²) >= 11 is 3.53. The van der Waals surface area contributed by atoms with Gasteiger partial charge in [0.25, 0.3) is 0 Å². The number of nitrogens with zero attached hydrogens (tertiary/aromatic N) is 1. The van der Waals surface area contributed by atoms with Gasteiger partial charge in [-0.3, -0.25) is 0 Å². The minimum absolute atomic E-state index is 0.162. The molecule has 1 aromatic heterocycles. The molecule has 3 N–H and O–H groups in total. The fourth-order valence-electron chi connectivity index (χ4n) is 1.87. The molecule has 1 heterocycles. The van der Waals surface area contributed by atoms with Gasteiger partial charge in [-0.1, -0.05) is 32.9 Å². The van der Waals surface area contributed by atoms with E-state index in [1.807, 2.05) is 6.92 Å². The van der Waals surface area contributed by atoms with Crippen LogP contribution in [0.15, 0.2) is 34.9 Å². The molecule has 20 heavy (non-hydrogen) atoms. The highest BCUT2D eigenvalue weighted by atomic mass is 79.9. The molecular formula is C16H20BrN3. The van der Waals surface area contributed by atoms with Gasteiger partial charge in [0.05, 0.1) is 16.4 Å². The van der Waals surface area contributed by atoms with Crippen molar-refractivity contribution in [1.82, 2.24) is 4.98 Å². The predicted octanol–water partition coefficient (Wildman–Crippen LogP) is 4.78. The van der Waals surface area contributed by atoms with Crippen LogP contribution in [0.1, 0.15) is 31.9 Å². The fraction of sp³-hybridized carbons (Fsp3) is 0.312. The normalized spacial score (nSPS) is 11.4. The van der Waals surface area contributed by atoms with Crippen molar-refractivity contribution in [3.63, 3.8) is 0 Å². The van der Waals surface area contributed by atoms with Crippen molar-refractivity contribution in [1.29, 1.82) is 0 Å². The molecule has 0 unspecified atom stereocenters. The quantitative estimate of drug-likeness (QED) is 0.831.